The van der Waals surface area contributed by atoms with Gasteiger partial charge in [0, 0.05) is 16.8 Å². The largest absolute Gasteiger partial charge is 0.354 e. The van der Waals surface area contributed by atoms with E-state index in [1.54, 1.807) is 11.3 Å². The van der Waals surface area contributed by atoms with Gasteiger partial charge in [-0.25, -0.2) is 4.98 Å². The van der Waals surface area contributed by atoms with E-state index in [0.29, 0.717) is 5.25 Å². The number of amidine groups is 1. The van der Waals surface area contributed by atoms with Crippen molar-refractivity contribution in [2.45, 2.75) is 38.0 Å². The molecular weight excluding hydrogens is 238 g/mol. The van der Waals surface area contributed by atoms with Gasteiger partial charge in [0.15, 0.2) is 5.17 Å². The minimum atomic E-state index is -0.122. The molecule has 1 unspecified atom stereocenters. The maximum absolute atomic E-state index is 4.53. The third kappa shape index (κ3) is 2.58. The van der Waals surface area contributed by atoms with E-state index < -0.39 is 0 Å². The van der Waals surface area contributed by atoms with Crippen molar-refractivity contribution in [3.63, 3.8) is 0 Å². The molecule has 0 aromatic carbocycles. The topological polar surface area (TPSA) is 37.3 Å². The van der Waals surface area contributed by atoms with Crippen molar-refractivity contribution in [2.24, 2.45) is 4.99 Å². The van der Waals surface area contributed by atoms with Crippen molar-refractivity contribution in [3.05, 3.63) is 16.6 Å². The predicted molar refractivity (Wildman–Crippen MR) is 72.2 cm³/mol. The van der Waals surface area contributed by atoms with Crippen LogP contribution in [0.1, 0.15) is 32.2 Å². The second-order valence-corrected chi connectivity index (χ2v) is 6.56. The van der Waals surface area contributed by atoms with E-state index in [1.807, 2.05) is 23.3 Å². The smallest absolute Gasteiger partial charge is 0.157 e. The molecule has 0 saturated heterocycles. The van der Waals surface area contributed by atoms with Crippen LogP contribution >= 0.6 is 23.1 Å². The summed E-state index contributed by atoms with van der Waals surface area (Å²) in [5.41, 5.74) is -0.122. The lowest BCUT2D eigenvalue weighted by atomic mass is 10.1. The molecule has 2 rings (SSSR count). The van der Waals surface area contributed by atoms with Gasteiger partial charge >= 0.3 is 0 Å². The summed E-state index contributed by atoms with van der Waals surface area (Å²) < 4.78 is 0. The summed E-state index contributed by atoms with van der Waals surface area (Å²) >= 11 is 3.53. The van der Waals surface area contributed by atoms with Crippen molar-refractivity contribution in [1.82, 2.24) is 10.3 Å². The first-order chi connectivity index (χ1) is 7.62. The Kier molecular flexibility index (Phi) is 3.54. The highest BCUT2D eigenvalue weighted by atomic mass is 32.2. The Balaban J connectivity index is 2.00. The summed E-state index contributed by atoms with van der Waals surface area (Å²) in [6.07, 6.45) is 3.03. The Hall–Kier alpha value is -0.550. The van der Waals surface area contributed by atoms with Gasteiger partial charge in [0.25, 0.3) is 0 Å². The fourth-order valence-electron chi connectivity index (χ4n) is 1.55. The van der Waals surface area contributed by atoms with Gasteiger partial charge in [-0.1, -0.05) is 18.7 Å². The maximum Gasteiger partial charge on any atom is 0.157 e. The quantitative estimate of drug-likeness (QED) is 0.902. The molecule has 0 saturated carbocycles. The van der Waals surface area contributed by atoms with E-state index in [2.05, 4.69) is 36.1 Å². The van der Waals surface area contributed by atoms with Crippen LogP contribution in [0, 0.1) is 0 Å². The van der Waals surface area contributed by atoms with Crippen molar-refractivity contribution in [2.75, 3.05) is 6.54 Å². The maximum atomic E-state index is 4.53. The van der Waals surface area contributed by atoms with Gasteiger partial charge in [-0.3, -0.25) is 4.99 Å². The lowest BCUT2D eigenvalue weighted by Gasteiger charge is -2.24. The molecule has 5 heteroatoms. The van der Waals surface area contributed by atoms with Crippen LogP contribution in [0.4, 0.5) is 0 Å². The third-order valence-corrected chi connectivity index (χ3v) is 4.93. The summed E-state index contributed by atoms with van der Waals surface area (Å²) in [6.45, 7) is 7.45. The molecule has 1 N–H and O–H groups in total. The molecule has 2 heterocycles. The van der Waals surface area contributed by atoms with Crippen LogP contribution in [-0.2, 0) is 5.54 Å². The zero-order valence-corrected chi connectivity index (χ0v) is 11.5. The summed E-state index contributed by atoms with van der Waals surface area (Å²) in [5.74, 6) is 0. The molecular formula is C11H17N3S2. The lowest BCUT2D eigenvalue weighted by Crippen LogP contribution is -2.39. The van der Waals surface area contributed by atoms with Crippen molar-refractivity contribution in [3.8, 4) is 0 Å². The van der Waals surface area contributed by atoms with Gasteiger partial charge in [-0.05, 0) is 20.3 Å². The molecule has 1 atom stereocenters. The van der Waals surface area contributed by atoms with Crippen molar-refractivity contribution < 1.29 is 0 Å². The first-order valence-electron chi connectivity index (χ1n) is 5.51. The Morgan fingerprint density at radius 3 is 2.94 bits per heavy atom. The number of nitrogens with zero attached hydrogens (tertiary/aromatic N) is 2. The van der Waals surface area contributed by atoms with Crippen molar-refractivity contribution >= 4 is 28.3 Å². The molecule has 1 aromatic heterocycles. The number of hydrogen-bond donors (Lipinski definition) is 1. The Labute approximate surface area is 105 Å². The van der Waals surface area contributed by atoms with E-state index in [4.69, 9.17) is 0 Å². The number of thiazole rings is 1. The fraction of sp³-hybridized carbons (Fsp3) is 0.636. The van der Waals surface area contributed by atoms with Crippen LogP contribution < -0.4 is 5.32 Å². The highest BCUT2D eigenvalue weighted by Crippen LogP contribution is 2.27. The van der Waals surface area contributed by atoms with Gasteiger partial charge in [0.05, 0.1) is 12.1 Å². The number of aromatic nitrogens is 1. The standard InChI is InChI=1S/C11H17N3S2/c1-4-8-7-13-10(16-8)14-11(2,3)9-12-5-6-15-9/h5-6,8H,4,7H2,1-3H3,(H,13,14). The molecule has 0 spiro atoms. The van der Waals surface area contributed by atoms with E-state index >= 15 is 0 Å². The second-order valence-electron chi connectivity index (χ2n) is 4.38. The number of rotatable bonds is 3. The molecule has 1 aliphatic rings. The van der Waals surface area contributed by atoms with Crippen LogP contribution in [0.5, 0.6) is 0 Å². The van der Waals surface area contributed by atoms with Crippen molar-refractivity contribution in [1.29, 1.82) is 0 Å². The Bertz CT molecular complexity index is 371. The van der Waals surface area contributed by atoms with Gasteiger partial charge < -0.3 is 5.32 Å². The Morgan fingerprint density at radius 2 is 2.38 bits per heavy atom. The fourth-order valence-corrected chi connectivity index (χ4v) is 3.36. The molecule has 0 fully saturated rings. The third-order valence-electron chi connectivity index (χ3n) is 2.56. The van der Waals surface area contributed by atoms with E-state index in [0.717, 1.165) is 16.7 Å². The average molecular weight is 255 g/mol. The van der Waals surface area contributed by atoms with Gasteiger partial charge in [-0.15, -0.1) is 11.3 Å². The molecule has 1 aliphatic heterocycles. The van der Waals surface area contributed by atoms with Crippen LogP contribution in [-0.4, -0.2) is 21.9 Å². The first-order valence-corrected chi connectivity index (χ1v) is 7.27. The Morgan fingerprint density at radius 1 is 1.56 bits per heavy atom. The van der Waals surface area contributed by atoms with Crippen LogP contribution in [0.25, 0.3) is 0 Å². The van der Waals surface area contributed by atoms with Crippen LogP contribution in [0.2, 0.25) is 0 Å². The average Bonchev–Trinajstić information content (AvgIpc) is 2.86. The van der Waals surface area contributed by atoms with E-state index in [9.17, 15) is 0 Å². The van der Waals surface area contributed by atoms with Gasteiger partial charge in [0.2, 0.25) is 0 Å². The summed E-state index contributed by atoms with van der Waals surface area (Å²) in [4.78, 5) is 8.89. The molecule has 0 bridgehead atoms. The highest BCUT2D eigenvalue weighted by Gasteiger charge is 2.27. The summed E-state index contributed by atoms with van der Waals surface area (Å²) in [5, 5.41) is 8.31. The summed E-state index contributed by atoms with van der Waals surface area (Å²) in [7, 11) is 0. The minimum absolute atomic E-state index is 0.122. The monoisotopic (exact) mass is 255 g/mol. The molecule has 88 valence electrons. The first kappa shape index (κ1) is 11.9. The summed E-state index contributed by atoms with van der Waals surface area (Å²) in [6, 6.07) is 0. The van der Waals surface area contributed by atoms with E-state index in [1.165, 1.54) is 6.42 Å². The molecule has 0 amide bonds. The molecule has 0 aliphatic carbocycles. The highest BCUT2D eigenvalue weighted by molar-refractivity contribution is 8.14. The zero-order valence-electron chi connectivity index (χ0n) is 9.86. The molecule has 0 radical (unpaired) electrons. The molecule has 3 nitrogen and oxygen atoms in total. The SMILES string of the molecule is CCC1CN=C(NC(C)(C)c2nccs2)S1. The number of nitrogens with one attached hydrogen (secondary N) is 1. The lowest BCUT2D eigenvalue weighted by molar-refractivity contribution is 0.487. The zero-order chi connectivity index (χ0) is 11.6. The molecule has 16 heavy (non-hydrogen) atoms. The number of thioether (sulfide) groups is 1. The normalized spacial score (nSPS) is 20.9. The number of aliphatic imine (C=N–C) groups is 1. The van der Waals surface area contributed by atoms with Crippen LogP contribution in [0.15, 0.2) is 16.6 Å². The number of hydrogen-bond acceptors (Lipinski definition) is 5. The molecule has 1 aromatic rings. The van der Waals surface area contributed by atoms with E-state index in [-0.39, 0.29) is 5.54 Å². The predicted octanol–water partition coefficient (Wildman–Crippen LogP) is 2.85. The van der Waals surface area contributed by atoms with Crippen LogP contribution in [0.3, 0.4) is 0 Å². The minimum Gasteiger partial charge on any atom is -0.354 e. The van der Waals surface area contributed by atoms with Gasteiger partial charge in [0.1, 0.15) is 5.01 Å². The van der Waals surface area contributed by atoms with Gasteiger partial charge in [-0.2, -0.15) is 0 Å². The second kappa shape index (κ2) is 4.75.